The predicted octanol–water partition coefficient (Wildman–Crippen LogP) is 3.43. The number of urea groups is 1. The van der Waals surface area contributed by atoms with Gasteiger partial charge in [-0.25, -0.2) is 4.79 Å². The van der Waals surface area contributed by atoms with E-state index in [9.17, 15) is 9.59 Å². The van der Waals surface area contributed by atoms with Crippen LogP contribution in [0.1, 0.15) is 48.3 Å². The van der Waals surface area contributed by atoms with E-state index < -0.39 is 0 Å². The minimum absolute atomic E-state index is 0.0630. The van der Waals surface area contributed by atoms with Crippen molar-refractivity contribution in [1.29, 1.82) is 0 Å². The molecule has 1 aromatic carbocycles. The number of benzene rings is 1. The number of rotatable bonds is 8. The molecule has 0 unspecified atom stereocenters. The molecule has 0 saturated heterocycles. The largest absolute Gasteiger partial charge is 0.382 e. The van der Waals surface area contributed by atoms with Crippen LogP contribution in [0.2, 0.25) is 0 Å². The van der Waals surface area contributed by atoms with Crippen LogP contribution in [0.3, 0.4) is 0 Å². The fourth-order valence-electron chi connectivity index (χ4n) is 4.55. The molecule has 4 rings (SSSR count). The predicted molar refractivity (Wildman–Crippen MR) is 125 cm³/mol. The monoisotopic (exact) mass is 452 g/mol. The first-order valence-corrected chi connectivity index (χ1v) is 11.6. The van der Waals surface area contributed by atoms with Gasteiger partial charge in [0.25, 0.3) is 0 Å². The van der Waals surface area contributed by atoms with E-state index in [-0.39, 0.29) is 24.6 Å². The Morgan fingerprint density at radius 2 is 1.79 bits per heavy atom. The zero-order valence-electron chi connectivity index (χ0n) is 19.1. The molecular formula is C25H32N4O4. The Morgan fingerprint density at radius 1 is 1.03 bits per heavy atom. The lowest BCUT2D eigenvalue weighted by Crippen LogP contribution is -2.39. The second-order valence-corrected chi connectivity index (χ2v) is 8.71. The van der Waals surface area contributed by atoms with Crippen molar-refractivity contribution >= 4 is 17.6 Å². The van der Waals surface area contributed by atoms with Gasteiger partial charge in [0.05, 0.1) is 13.2 Å². The molecule has 3 amide bonds. The molecule has 2 aliphatic rings. The molecule has 0 radical (unpaired) electrons. The van der Waals surface area contributed by atoms with Crippen molar-refractivity contribution in [2.45, 2.75) is 50.7 Å². The van der Waals surface area contributed by atoms with E-state index in [4.69, 9.17) is 9.47 Å². The third-order valence-electron chi connectivity index (χ3n) is 6.40. The van der Waals surface area contributed by atoms with Crippen LogP contribution in [0.4, 0.5) is 10.5 Å². The highest BCUT2D eigenvalue weighted by molar-refractivity contribution is 5.89. The fraction of sp³-hybridized carbons (Fsp3) is 0.480. The van der Waals surface area contributed by atoms with Crippen LogP contribution < -0.4 is 10.6 Å². The van der Waals surface area contributed by atoms with Crippen molar-refractivity contribution < 1.29 is 19.1 Å². The van der Waals surface area contributed by atoms with Crippen LogP contribution in [0.15, 0.2) is 42.7 Å². The van der Waals surface area contributed by atoms with Crippen LogP contribution in [0.5, 0.6) is 0 Å². The van der Waals surface area contributed by atoms with E-state index in [1.165, 1.54) is 5.56 Å². The highest BCUT2D eigenvalue weighted by Gasteiger charge is 2.25. The topological polar surface area (TPSA) is 92.8 Å². The number of fused-ring (bicyclic) bond motifs is 1. The quantitative estimate of drug-likeness (QED) is 0.599. The van der Waals surface area contributed by atoms with Gasteiger partial charge in [-0.15, -0.1) is 0 Å². The molecule has 1 aliphatic heterocycles. The molecule has 33 heavy (non-hydrogen) atoms. The van der Waals surface area contributed by atoms with Gasteiger partial charge in [0, 0.05) is 44.3 Å². The van der Waals surface area contributed by atoms with Gasteiger partial charge in [-0.3, -0.25) is 9.78 Å². The summed E-state index contributed by atoms with van der Waals surface area (Å²) >= 11 is 0. The lowest BCUT2D eigenvalue weighted by molar-refractivity contribution is -0.127. The lowest BCUT2D eigenvalue weighted by atomic mass is 9.81. The van der Waals surface area contributed by atoms with E-state index in [1.807, 2.05) is 24.4 Å². The Morgan fingerprint density at radius 3 is 2.52 bits per heavy atom. The number of carbonyl (C=O) groups is 2. The molecule has 2 aromatic rings. The number of anilines is 1. The Balaban J connectivity index is 1.20. The van der Waals surface area contributed by atoms with E-state index in [2.05, 4.69) is 27.8 Å². The lowest BCUT2D eigenvalue weighted by Gasteiger charge is -2.29. The number of nitrogens with zero attached hydrogens (tertiary/aromatic N) is 2. The van der Waals surface area contributed by atoms with Crippen molar-refractivity contribution in [2.24, 2.45) is 0 Å². The number of aromatic nitrogens is 1. The van der Waals surface area contributed by atoms with Crippen LogP contribution in [-0.2, 0) is 27.4 Å². The van der Waals surface area contributed by atoms with E-state index in [0.717, 1.165) is 42.5 Å². The molecule has 1 saturated carbocycles. The molecule has 0 spiro atoms. The number of nitrogens with one attached hydrogen (secondary N) is 2. The number of ether oxygens (including phenoxy) is 2. The maximum Gasteiger partial charge on any atom is 0.322 e. The first-order valence-electron chi connectivity index (χ1n) is 11.6. The third-order valence-corrected chi connectivity index (χ3v) is 6.40. The van der Waals surface area contributed by atoms with Crippen molar-refractivity contribution in [3.63, 3.8) is 0 Å². The summed E-state index contributed by atoms with van der Waals surface area (Å²) in [7, 11) is 1.61. The molecule has 8 nitrogen and oxygen atoms in total. The highest BCUT2D eigenvalue weighted by Crippen LogP contribution is 2.33. The van der Waals surface area contributed by atoms with Crippen molar-refractivity contribution in [2.75, 3.05) is 32.2 Å². The molecule has 1 fully saturated rings. The smallest absolute Gasteiger partial charge is 0.322 e. The van der Waals surface area contributed by atoms with Crippen molar-refractivity contribution in [3.05, 3.63) is 59.4 Å². The average Bonchev–Trinajstić information content (AvgIpc) is 3.28. The highest BCUT2D eigenvalue weighted by atomic mass is 16.5. The van der Waals surface area contributed by atoms with Gasteiger partial charge in [-0.2, -0.15) is 0 Å². The number of pyridine rings is 1. The molecule has 2 N–H and O–H groups in total. The maximum atomic E-state index is 12.6. The van der Waals surface area contributed by atoms with Gasteiger partial charge in [0.2, 0.25) is 5.91 Å². The summed E-state index contributed by atoms with van der Waals surface area (Å²) in [6.45, 7) is 2.20. The summed E-state index contributed by atoms with van der Waals surface area (Å²) in [5.74, 6) is 0.411. The number of hydrogen-bond donors (Lipinski definition) is 2. The minimum Gasteiger partial charge on any atom is -0.382 e. The van der Waals surface area contributed by atoms with Gasteiger partial charge in [-0.1, -0.05) is 12.1 Å². The van der Waals surface area contributed by atoms with Crippen LogP contribution in [0, 0.1) is 0 Å². The molecule has 176 valence electrons. The van der Waals surface area contributed by atoms with Gasteiger partial charge in [0.15, 0.2) is 0 Å². The minimum atomic E-state index is -0.0959. The number of hydrogen-bond acceptors (Lipinski definition) is 5. The number of methoxy groups -OCH3 is 1. The molecule has 1 aromatic heterocycles. The van der Waals surface area contributed by atoms with E-state index in [0.29, 0.717) is 32.2 Å². The third kappa shape index (κ3) is 6.30. The van der Waals surface area contributed by atoms with Crippen LogP contribution >= 0.6 is 0 Å². The summed E-state index contributed by atoms with van der Waals surface area (Å²) in [6.07, 6.45) is 7.56. The Kier molecular flexibility index (Phi) is 7.91. The van der Waals surface area contributed by atoms with Crippen LogP contribution in [-0.4, -0.2) is 54.8 Å². The summed E-state index contributed by atoms with van der Waals surface area (Å²) in [6, 6.07) is 10.2. The first kappa shape index (κ1) is 23.2. The van der Waals surface area contributed by atoms with Gasteiger partial charge < -0.3 is 25.0 Å². The SMILES string of the molecule is COCCOCC(=O)N[C@H]1CC[C@@H](c2ccc(NC(=O)N3Cc4ccncc4C3)cc2)CC1. The summed E-state index contributed by atoms with van der Waals surface area (Å²) in [5.41, 5.74) is 4.34. The van der Waals surface area contributed by atoms with E-state index >= 15 is 0 Å². The first-order chi connectivity index (χ1) is 16.1. The number of carbonyl (C=O) groups excluding carboxylic acids is 2. The standard InChI is InChI=1S/C25H32N4O4/c1-32-12-13-33-17-24(30)27-22-6-2-18(3-7-22)19-4-8-23(9-5-19)28-25(31)29-15-20-10-11-26-14-21(20)16-29/h4-5,8-11,14,18,22H,2-3,6-7,12-13,15-17H2,1H3,(H,27,30)(H,28,31)/t18-,22+. The Bertz CT molecular complexity index is 917. The molecule has 1 aliphatic carbocycles. The maximum absolute atomic E-state index is 12.6. The normalized spacial score (nSPS) is 19.7. The van der Waals surface area contributed by atoms with Crippen molar-refractivity contribution in [3.8, 4) is 0 Å². The van der Waals surface area contributed by atoms with Gasteiger partial charge in [-0.05, 0) is 66.5 Å². The Hall–Kier alpha value is -2.97. The molecule has 8 heteroatoms. The second kappa shape index (κ2) is 11.2. The average molecular weight is 453 g/mol. The molecule has 0 bridgehead atoms. The zero-order valence-corrected chi connectivity index (χ0v) is 19.1. The number of amides is 3. The summed E-state index contributed by atoms with van der Waals surface area (Å²) in [4.78, 5) is 30.6. The fourth-order valence-corrected chi connectivity index (χ4v) is 4.55. The zero-order chi connectivity index (χ0) is 23.0. The van der Waals surface area contributed by atoms with E-state index in [1.54, 1.807) is 18.2 Å². The second-order valence-electron chi connectivity index (χ2n) is 8.71. The summed E-state index contributed by atoms with van der Waals surface area (Å²) in [5, 5.41) is 6.07. The van der Waals surface area contributed by atoms with Gasteiger partial charge in [0.1, 0.15) is 6.61 Å². The van der Waals surface area contributed by atoms with Gasteiger partial charge >= 0.3 is 6.03 Å². The summed E-state index contributed by atoms with van der Waals surface area (Å²) < 4.78 is 10.2. The van der Waals surface area contributed by atoms with Crippen molar-refractivity contribution in [1.82, 2.24) is 15.2 Å². The molecule has 2 heterocycles. The molecular weight excluding hydrogens is 420 g/mol. The Labute approximate surface area is 194 Å². The van der Waals surface area contributed by atoms with Crippen LogP contribution in [0.25, 0.3) is 0 Å². The molecule has 0 atom stereocenters.